The van der Waals surface area contributed by atoms with Gasteiger partial charge in [-0.3, -0.25) is 9.69 Å². The number of nitrogens with zero attached hydrogens (tertiary/aromatic N) is 2. The zero-order valence-corrected chi connectivity index (χ0v) is 16.2. The minimum Gasteiger partial charge on any atom is -0.369 e. The van der Waals surface area contributed by atoms with E-state index in [2.05, 4.69) is 9.80 Å². The highest BCUT2D eigenvalue weighted by Crippen LogP contribution is 2.17. The lowest BCUT2D eigenvalue weighted by Gasteiger charge is -2.36. The maximum absolute atomic E-state index is 11.6. The molecule has 1 aromatic rings. The molecule has 2 rings (SSSR count). The number of benzene rings is 1. The Labute approximate surface area is 142 Å². The molecule has 1 fully saturated rings. The normalized spacial score (nSPS) is 16.0. The zero-order chi connectivity index (χ0) is 16.2. The van der Waals surface area contributed by atoms with Gasteiger partial charge in [-0.05, 0) is 31.2 Å². The molecular weight excluding hydrogens is 331 g/mol. The summed E-state index contributed by atoms with van der Waals surface area (Å²) in [6.45, 7) is 7.38. The molecule has 0 radical (unpaired) electrons. The molecule has 0 spiro atoms. The van der Waals surface area contributed by atoms with E-state index < -0.39 is 9.84 Å². The van der Waals surface area contributed by atoms with Crippen LogP contribution >= 0.6 is 9.90 Å². The molecule has 23 heavy (non-hydrogen) atoms. The molecule has 5 nitrogen and oxygen atoms in total. The number of Topliss-reactive ketones (excluding diaryl/α,β-unsaturated/α-hetero) is 1. The Balaban J connectivity index is 0.00000264. The van der Waals surface area contributed by atoms with Crippen LogP contribution in [0.1, 0.15) is 24.2 Å². The van der Waals surface area contributed by atoms with Crippen LogP contribution in [0.5, 0.6) is 0 Å². The molecule has 1 saturated heterocycles. The van der Waals surface area contributed by atoms with E-state index in [9.17, 15) is 13.2 Å². The molecule has 0 N–H and O–H groups in total. The van der Waals surface area contributed by atoms with Gasteiger partial charge < -0.3 is 4.90 Å². The summed E-state index contributed by atoms with van der Waals surface area (Å²) in [4.78, 5) is 15.8. The number of hydrogen-bond acceptors (Lipinski definition) is 5. The number of carbonyl (C=O) groups excluding carboxylic acids is 1. The van der Waals surface area contributed by atoms with E-state index in [1.807, 2.05) is 24.3 Å². The summed E-state index contributed by atoms with van der Waals surface area (Å²) in [5, 5.41) is 0. The summed E-state index contributed by atoms with van der Waals surface area (Å²) in [6, 6.07) is 7.68. The van der Waals surface area contributed by atoms with Crippen LogP contribution in [0.25, 0.3) is 0 Å². The highest BCUT2D eigenvalue weighted by molar-refractivity contribution is 7.91. The fourth-order valence-corrected chi connectivity index (χ4v) is 3.37. The molecule has 1 unspecified atom stereocenters. The second-order valence-corrected chi connectivity index (χ2v) is 8.14. The Hall–Kier alpha value is -0.970. The number of anilines is 1. The van der Waals surface area contributed by atoms with Gasteiger partial charge in [0.05, 0.1) is 5.75 Å². The Morgan fingerprint density at radius 1 is 1.09 bits per heavy atom. The molecular formula is C16H27N2O3PS. The van der Waals surface area contributed by atoms with Gasteiger partial charge in [0.1, 0.15) is 0 Å². The molecule has 1 aliphatic rings. The number of hydrogen-bond donors (Lipinski definition) is 0. The summed E-state index contributed by atoms with van der Waals surface area (Å²) in [7, 11) is -2.88. The van der Waals surface area contributed by atoms with Crippen molar-refractivity contribution in [1.82, 2.24) is 4.90 Å². The van der Waals surface area contributed by atoms with Gasteiger partial charge >= 0.3 is 0 Å². The summed E-state index contributed by atoms with van der Waals surface area (Å²) in [6.07, 6.45) is 0. The molecule has 0 saturated carbocycles. The van der Waals surface area contributed by atoms with Crippen LogP contribution in [0.4, 0.5) is 5.69 Å². The predicted molar refractivity (Wildman–Crippen MR) is 101 cm³/mol. The molecule has 1 atom stereocenters. The van der Waals surface area contributed by atoms with Crippen molar-refractivity contribution in [1.29, 1.82) is 0 Å². The molecule has 0 bridgehead atoms. The Kier molecular flexibility index (Phi) is 7.65. The third-order valence-corrected chi connectivity index (χ3v) is 5.85. The minimum atomic E-state index is -2.88. The van der Waals surface area contributed by atoms with Crippen molar-refractivity contribution in [2.75, 3.05) is 49.1 Å². The molecule has 0 aliphatic carbocycles. The van der Waals surface area contributed by atoms with Crippen LogP contribution in [0.15, 0.2) is 24.3 Å². The zero-order valence-electron chi connectivity index (χ0n) is 14.0. The standard InChI is InChI=1S/C16H24N2O3S.H3P/c1-3-22(20,21)13-12-17-8-10-18(11-9-17)16-6-4-15(5-7-16)14(2)19;/h4-7H,3,8-13H2,1-2H3;1H3. The summed E-state index contributed by atoms with van der Waals surface area (Å²) >= 11 is 0. The highest BCUT2D eigenvalue weighted by atomic mass is 32.2. The Morgan fingerprint density at radius 2 is 1.65 bits per heavy atom. The van der Waals surface area contributed by atoms with Crippen molar-refractivity contribution in [2.24, 2.45) is 0 Å². The molecule has 1 aliphatic heterocycles. The van der Waals surface area contributed by atoms with Crippen molar-refractivity contribution in [3.05, 3.63) is 29.8 Å². The molecule has 1 aromatic carbocycles. The maximum atomic E-state index is 11.6. The van der Waals surface area contributed by atoms with Gasteiger partial charge in [0, 0.05) is 49.7 Å². The lowest BCUT2D eigenvalue weighted by molar-refractivity contribution is 0.101. The summed E-state index contributed by atoms with van der Waals surface area (Å²) < 4.78 is 23.1. The van der Waals surface area contributed by atoms with Crippen LogP contribution < -0.4 is 4.90 Å². The SMILES string of the molecule is CCS(=O)(=O)CCN1CCN(c2ccc(C(C)=O)cc2)CC1.P. The van der Waals surface area contributed by atoms with E-state index in [-0.39, 0.29) is 27.2 Å². The van der Waals surface area contributed by atoms with Gasteiger partial charge in [0.2, 0.25) is 0 Å². The molecule has 7 heteroatoms. The fraction of sp³-hybridized carbons (Fsp3) is 0.562. The first-order chi connectivity index (χ1) is 10.4. The monoisotopic (exact) mass is 358 g/mol. The number of sulfone groups is 1. The van der Waals surface area contributed by atoms with Crippen molar-refractivity contribution >= 4 is 31.2 Å². The third kappa shape index (κ3) is 5.87. The van der Waals surface area contributed by atoms with Gasteiger partial charge in [-0.2, -0.15) is 9.90 Å². The van der Waals surface area contributed by atoms with E-state index in [0.29, 0.717) is 6.54 Å². The van der Waals surface area contributed by atoms with Crippen LogP contribution in [0.2, 0.25) is 0 Å². The first-order valence-corrected chi connectivity index (χ1v) is 9.52. The third-order valence-electron chi connectivity index (χ3n) is 4.17. The average Bonchev–Trinajstić information content (AvgIpc) is 2.54. The number of carbonyl (C=O) groups is 1. The van der Waals surface area contributed by atoms with Crippen LogP contribution in [0, 0.1) is 0 Å². The number of piperazine rings is 1. The van der Waals surface area contributed by atoms with Crippen LogP contribution in [-0.4, -0.2) is 63.3 Å². The number of ketones is 1. The first-order valence-electron chi connectivity index (χ1n) is 7.70. The Bertz CT molecular complexity index is 609. The van der Waals surface area contributed by atoms with Gasteiger partial charge in [-0.25, -0.2) is 8.42 Å². The van der Waals surface area contributed by atoms with E-state index in [0.717, 1.165) is 37.4 Å². The summed E-state index contributed by atoms with van der Waals surface area (Å²) in [5.74, 6) is 0.542. The highest BCUT2D eigenvalue weighted by Gasteiger charge is 2.19. The molecule has 1 heterocycles. The molecule has 0 amide bonds. The smallest absolute Gasteiger partial charge is 0.159 e. The summed E-state index contributed by atoms with van der Waals surface area (Å²) in [5.41, 5.74) is 1.85. The molecule has 130 valence electrons. The molecule has 0 aromatic heterocycles. The van der Waals surface area contributed by atoms with Gasteiger partial charge in [0.15, 0.2) is 15.6 Å². The second kappa shape index (κ2) is 8.76. The van der Waals surface area contributed by atoms with Crippen molar-refractivity contribution in [3.8, 4) is 0 Å². The van der Waals surface area contributed by atoms with Gasteiger partial charge in [0.25, 0.3) is 0 Å². The van der Waals surface area contributed by atoms with E-state index in [1.54, 1.807) is 13.8 Å². The second-order valence-electron chi connectivity index (χ2n) is 5.67. The van der Waals surface area contributed by atoms with Crippen molar-refractivity contribution in [3.63, 3.8) is 0 Å². The Morgan fingerprint density at radius 3 is 2.13 bits per heavy atom. The van der Waals surface area contributed by atoms with Crippen molar-refractivity contribution in [2.45, 2.75) is 13.8 Å². The van der Waals surface area contributed by atoms with Crippen LogP contribution in [-0.2, 0) is 9.84 Å². The number of rotatable bonds is 6. The fourth-order valence-electron chi connectivity index (χ4n) is 2.55. The minimum absolute atomic E-state index is 0. The van der Waals surface area contributed by atoms with E-state index in [1.165, 1.54) is 0 Å². The largest absolute Gasteiger partial charge is 0.369 e. The van der Waals surface area contributed by atoms with Gasteiger partial charge in [-0.15, -0.1) is 0 Å². The topological polar surface area (TPSA) is 57.7 Å². The lowest BCUT2D eigenvalue weighted by Crippen LogP contribution is -2.47. The first kappa shape index (κ1) is 20.1. The van der Waals surface area contributed by atoms with E-state index in [4.69, 9.17) is 0 Å². The predicted octanol–water partition coefficient (Wildman–Crippen LogP) is 1.50. The van der Waals surface area contributed by atoms with Crippen molar-refractivity contribution < 1.29 is 13.2 Å². The van der Waals surface area contributed by atoms with Gasteiger partial charge in [-0.1, -0.05) is 6.92 Å². The van der Waals surface area contributed by atoms with Crippen LogP contribution in [0.3, 0.4) is 0 Å². The maximum Gasteiger partial charge on any atom is 0.159 e. The quantitative estimate of drug-likeness (QED) is 0.570. The van der Waals surface area contributed by atoms with E-state index >= 15 is 0 Å². The average molecular weight is 358 g/mol. The lowest BCUT2D eigenvalue weighted by atomic mass is 10.1.